The number of carbonyl (C=O) groups is 2. The van der Waals surface area contributed by atoms with Gasteiger partial charge in [0.2, 0.25) is 5.91 Å². The Morgan fingerprint density at radius 1 is 1.28 bits per heavy atom. The molecule has 0 saturated heterocycles. The highest BCUT2D eigenvalue weighted by molar-refractivity contribution is 6.19. The van der Waals surface area contributed by atoms with Crippen LogP contribution in [0.1, 0.15) is 18.4 Å². The Morgan fingerprint density at radius 2 is 1.94 bits per heavy atom. The molecule has 18 heavy (non-hydrogen) atoms. The second-order valence-corrected chi connectivity index (χ2v) is 3.81. The quantitative estimate of drug-likeness (QED) is 0.647. The molecule has 5 heteroatoms. The van der Waals surface area contributed by atoms with Gasteiger partial charge < -0.3 is 10.4 Å². The number of alkyl halides is 1. The van der Waals surface area contributed by atoms with Gasteiger partial charge in [0.15, 0.2) is 0 Å². The molecule has 0 spiro atoms. The molecule has 1 aromatic carbocycles. The molecule has 0 bridgehead atoms. The molecular weight excluding hydrogens is 254 g/mol. The summed E-state index contributed by atoms with van der Waals surface area (Å²) >= 11 is 5.44. The normalized spacial score (nSPS) is 9.17. The van der Waals surface area contributed by atoms with Crippen LogP contribution in [0, 0.1) is 11.8 Å². The first kappa shape index (κ1) is 14.1. The van der Waals surface area contributed by atoms with Crippen molar-refractivity contribution >= 4 is 29.2 Å². The summed E-state index contributed by atoms with van der Waals surface area (Å²) in [7, 11) is 0. The summed E-state index contributed by atoms with van der Waals surface area (Å²) < 4.78 is 0. The van der Waals surface area contributed by atoms with Crippen molar-refractivity contribution in [3.63, 3.8) is 0 Å². The Balaban J connectivity index is 2.59. The van der Waals surface area contributed by atoms with Crippen LogP contribution in [-0.2, 0) is 9.59 Å². The van der Waals surface area contributed by atoms with Gasteiger partial charge >= 0.3 is 5.97 Å². The molecule has 1 rings (SSSR count). The van der Waals surface area contributed by atoms with Gasteiger partial charge in [-0.05, 0) is 24.3 Å². The van der Waals surface area contributed by atoms with Crippen LogP contribution < -0.4 is 5.32 Å². The minimum absolute atomic E-state index is 0.144. The predicted molar refractivity (Wildman–Crippen MR) is 69.5 cm³/mol. The molecule has 1 amide bonds. The van der Waals surface area contributed by atoms with Crippen molar-refractivity contribution in [1.82, 2.24) is 0 Å². The van der Waals surface area contributed by atoms with Crippen LogP contribution in [0.25, 0.3) is 0 Å². The molecule has 0 aliphatic rings. The van der Waals surface area contributed by atoms with Crippen molar-refractivity contribution in [2.24, 2.45) is 0 Å². The number of benzene rings is 1. The van der Waals surface area contributed by atoms with Crippen LogP contribution in [0.4, 0.5) is 5.69 Å². The van der Waals surface area contributed by atoms with Crippen LogP contribution in [0.5, 0.6) is 0 Å². The molecule has 2 N–H and O–H groups in total. The van der Waals surface area contributed by atoms with E-state index in [0.717, 1.165) is 0 Å². The van der Waals surface area contributed by atoms with E-state index in [1.165, 1.54) is 0 Å². The Bertz CT molecular complexity index is 485. The molecule has 4 nitrogen and oxygen atoms in total. The van der Waals surface area contributed by atoms with E-state index in [2.05, 4.69) is 17.2 Å². The third-order valence-electron chi connectivity index (χ3n) is 1.96. The summed E-state index contributed by atoms with van der Waals surface area (Å²) in [6, 6.07) is 6.84. The van der Waals surface area contributed by atoms with Gasteiger partial charge in [0.25, 0.3) is 0 Å². The van der Waals surface area contributed by atoms with E-state index in [0.29, 0.717) is 11.3 Å². The topological polar surface area (TPSA) is 66.4 Å². The van der Waals surface area contributed by atoms with Gasteiger partial charge in [0.1, 0.15) is 6.42 Å². The van der Waals surface area contributed by atoms with Crippen LogP contribution in [0.3, 0.4) is 0 Å². The predicted octanol–water partition coefficient (Wildman–Crippen LogP) is 2.08. The zero-order valence-corrected chi connectivity index (χ0v) is 10.3. The standard InChI is InChI=1S/C13H12ClNO3/c14-9-8-12(16)15-11-6-4-10(5-7-11)2-1-3-13(17)18/h4-7H,3,8-9H2,(H,15,16)(H,17,18). The summed E-state index contributed by atoms with van der Waals surface area (Å²) in [6.07, 6.45) is 0.0793. The van der Waals surface area contributed by atoms with Crippen LogP contribution >= 0.6 is 11.6 Å². The molecule has 0 radical (unpaired) electrons. The fourth-order valence-corrected chi connectivity index (χ4v) is 1.34. The van der Waals surface area contributed by atoms with E-state index < -0.39 is 5.97 Å². The number of halogens is 1. The zero-order chi connectivity index (χ0) is 13.4. The zero-order valence-electron chi connectivity index (χ0n) is 9.57. The molecule has 0 heterocycles. The largest absolute Gasteiger partial charge is 0.481 e. The van der Waals surface area contributed by atoms with Crippen LogP contribution in [-0.4, -0.2) is 22.9 Å². The van der Waals surface area contributed by atoms with E-state index in [4.69, 9.17) is 16.7 Å². The average Bonchev–Trinajstić information content (AvgIpc) is 2.31. The molecule has 0 fully saturated rings. The molecule has 0 aliphatic carbocycles. The van der Waals surface area contributed by atoms with Gasteiger partial charge in [0.05, 0.1) is 0 Å². The van der Waals surface area contributed by atoms with E-state index >= 15 is 0 Å². The summed E-state index contributed by atoms with van der Waals surface area (Å²) in [6.45, 7) is 0. The lowest BCUT2D eigenvalue weighted by atomic mass is 10.2. The number of anilines is 1. The molecule has 0 saturated carbocycles. The lowest BCUT2D eigenvalue weighted by Crippen LogP contribution is -2.11. The monoisotopic (exact) mass is 265 g/mol. The molecule has 94 valence electrons. The van der Waals surface area contributed by atoms with Crippen molar-refractivity contribution in [2.75, 3.05) is 11.2 Å². The van der Waals surface area contributed by atoms with E-state index in [-0.39, 0.29) is 24.6 Å². The van der Waals surface area contributed by atoms with Crippen molar-refractivity contribution in [3.8, 4) is 11.8 Å². The number of nitrogens with one attached hydrogen (secondary N) is 1. The summed E-state index contributed by atoms with van der Waals surface area (Å²) in [4.78, 5) is 21.5. The minimum Gasteiger partial charge on any atom is -0.481 e. The SMILES string of the molecule is O=C(O)CC#Cc1ccc(NC(=O)CCCl)cc1. The maximum atomic E-state index is 11.3. The minimum atomic E-state index is -0.951. The summed E-state index contributed by atoms with van der Waals surface area (Å²) in [5, 5.41) is 11.1. The third kappa shape index (κ3) is 5.37. The maximum Gasteiger partial charge on any atom is 0.315 e. The van der Waals surface area contributed by atoms with E-state index in [9.17, 15) is 9.59 Å². The summed E-state index contributed by atoms with van der Waals surface area (Å²) in [5.41, 5.74) is 1.36. The second kappa shape index (κ2) is 7.36. The number of rotatable bonds is 4. The van der Waals surface area contributed by atoms with Crippen molar-refractivity contribution in [1.29, 1.82) is 0 Å². The lowest BCUT2D eigenvalue weighted by molar-refractivity contribution is -0.135. The first-order valence-electron chi connectivity index (χ1n) is 5.28. The highest BCUT2D eigenvalue weighted by Crippen LogP contribution is 2.09. The van der Waals surface area contributed by atoms with Gasteiger partial charge in [-0.25, -0.2) is 0 Å². The molecule has 0 aliphatic heterocycles. The molecule has 0 unspecified atom stereocenters. The number of aliphatic carboxylic acids is 1. The van der Waals surface area contributed by atoms with Gasteiger partial charge in [-0.3, -0.25) is 9.59 Å². The fourth-order valence-electron chi connectivity index (χ4n) is 1.17. The van der Waals surface area contributed by atoms with Gasteiger partial charge in [0, 0.05) is 23.6 Å². The lowest BCUT2D eigenvalue weighted by Gasteiger charge is -2.03. The number of amides is 1. The number of carbonyl (C=O) groups excluding carboxylic acids is 1. The van der Waals surface area contributed by atoms with E-state index in [1.807, 2.05) is 0 Å². The first-order valence-corrected chi connectivity index (χ1v) is 5.82. The second-order valence-electron chi connectivity index (χ2n) is 3.44. The maximum absolute atomic E-state index is 11.3. The number of hydrogen-bond acceptors (Lipinski definition) is 2. The molecular formula is C13H12ClNO3. The Kier molecular flexibility index (Phi) is 5.75. The van der Waals surface area contributed by atoms with Crippen molar-refractivity contribution in [3.05, 3.63) is 29.8 Å². The van der Waals surface area contributed by atoms with Crippen molar-refractivity contribution in [2.45, 2.75) is 12.8 Å². The molecule has 0 aromatic heterocycles. The highest BCUT2D eigenvalue weighted by Gasteiger charge is 2.00. The number of carboxylic acid groups (broad SMARTS) is 1. The van der Waals surface area contributed by atoms with Gasteiger partial charge in [-0.2, -0.15) is 0 Å². The van der Waals surface area contributed by atoms with Gasteiger partial charge in [-0.1, -0.05) is 11.8 Å². The van der Waals surface area contributed by atoms with E-state index in [1.54, 1.807) is 24.3 Å². The Hall–Kier alpha value is -1.99. The van der Waals surface area contributed by atoms with Crippen LogP contribution in [0.15, 0.2) is 24.3 Å². The highest BCUT2D eigenvalue weighted by atomic mass is 35.5. The smallest absolute Gasteiger partial charge is 0.315 e. The average molecular weight is 266 g/mol. The Morgan fingerprint density at radius 3 is 2.50 bits per heavy atom. The summed E-state index contributed by atoms with van der Waals surface area (Å²) in [5.74, 6) is 4.43. The third-order valence-corrected chi connectivity index (χ3v) is 2.15. The van der Waals surface area contributed by atoms with Crippen molar-refractivity contribution < 1.29 is 14.7 Å². The fraction of sp³-hybridized carbons (Fsp3) is 0.231. The number of carboxylic acids is 1. The van der Waals surface area contributed by atoms with Gasteiger partial charge in [-0.15, -0.1) is 11.6 Å². The molecule has 1 aromatic rings. The number of hydrogen-bond donors (Lipinski definition) is 2. The molecule has 0 atom stereocenters. The Labute approximate surface area is 110 Å². The first-order chi connectivity index (χ1) is 8.61. The van der Waals surface area contributed by atoms with Crippen LogP contribution in [0.2, 0.25) is 0 Å².